The number of aryl methyl sites for hydroxylation is 2. The van der Waals surface area contributed by atoms with Gasteiger partial charge in [-0.3, -0.25) is 9.59 Å². The number of carbonyl (C=O) groups excluding carboxylic acids is 1. The molecule has 150 valence electrons. The molecule has 30 heavy (non-hydrogen) atoms. The van der Waals surface area contributed by atoms with Crippen LogP contribution in [0.5, 0.6) is 0 Å². The molecule has 1 N–H and O–H groups in total. The minimum Gasteiger partial charge on any atom is -0.320 e. The Morgan fingerprint density at radius 1 is 1.00 bits per heavy atom. The molecule has 0 spiro atoms. The largest absolute Gasteiger partial charge is 0.320 e. The van der Waals surface area contributed by atoms with Gasteiger partial charge in [-0.1, -0.05) is 41.9 Å². The number of anilines is 1. The molecule has 0 aliphatic rings. The molecule has 1 heterocycles. The van der Waals surface area contributed by atoms with Crippen molar-refractivity contribution in [2.24, 2.45) is 0 Å². The highest BCUT2D eigenvalue weighted by Crippen LogP contribution is 2.17. The zero-order valence-corrected chi connectivity index (χ0v) is 17.4. The number of rotatable bonds is 4. The smallest absolute Gasteiger partial charge is 0.283 e. The minimum atomic E-state index is -0.532. The van der Waals surface area contributed by atoms with E-state index in [1.807, 2.05) is 62.4 Å². The molecule has 0 aliphatic heterocycles. The van der Waals surface area contributed by atoms with Crippen molar-refractivity contribution in [1.29, 1.82) is 0 Å². The monoisotopic (exact) mass is 417 g/mol. The van der Waals surface area contributed by atoms with E-state index in [1.54, 1.807) is 22.8 Å². The fraction of sp³-hybridized carbons (Fsp3) is 0.125. The van der Waals surface area contributed by atoms with Crippen molar-refractivity contribution in [1.82, 2.24) is 9.55 Å². The van der Waals surface area contributed by atoms with E-state index < -0.39 is 11.5 Å². The maximum atomic E-state index is 13.2. The first-order valence-corrected chi connectivity index (χ1v) is 9.92. The van der Waals surface area contributed by atoms with Gasteiger partial charge < -0.3 is 9.88 Å². The third kappa shape index (κ3) is 4.11. The molecule has 1 aromatic heterocycles. The second-order valence-corrected chi connectivity index (χ2v) is 7.74. The van der Waals surface area contributed by atoms with Gasteiger partial charge in [0.15, 0.2) is 5.69 Å². The molecule has 0 saturated heterocycles. The Kier molecular flexibility index (Phi) is 5.38. The molecule has 0 aliphatic carbocycles. The van der Waals surface area contributed by atoms with Crippen LogP contribution in [0.25, 0.3) is 11.0 Å². The van der Waals surface area contributed by atoms with Crippen LogP contribution in [0.4, 0.5) is 5.69 Å². The van der Waals surface area contributed by atoms with Gasteiger partial charge in [0.2, 0.25) is 0 Å². The van der Waals surface area contributed by atoms with E-state index in [0.717, 1.165) is 16.7 Å². The Hall–Kier alpha value is -3.44. The maximum absolute atomic E-state index is 13.2. The van der Waals surface area contributed by atoms with Gasteiger partial charge in [0.05, 0.1) is 17.6 Å². The second kappa shape index (κ2) is 8.13. The van der Waals surface area contributed by atoms with Gasteiger partial charge in [-0.15, -0.1) is 0 Å². The third-order valence-corrected chi connectivity index (χ3v) is 5.01. The summed E-state index contributed by atoms with van der Waals surface area (Å²) in [6.45, 7) is 4.19. The number of benzene rings is 3. The summed E-state index contributed by atoms with van der Waals surface area (Å²) in [4.78, 5) is 30.6. The van der Waals surface area contributed by atoms with Crippen LogP contribution >= 0.6 is 11.6 Å². The molecule has 1 amide bonds. The number of fused-ring (bicyclic) bond motifs is 1. The molecule has 0 bridgehead atoms. The summed E-state index contributed by atoms with van der Waals surface area (Å²) in [6, 6.07) is 20.3. The summed E-state index contributed by atoms with van der Waals surface area (Å²) >= 11 is 6.10. The first-order valence-electron chi connectivity index (χ1n) is 9.54. The van der Waals surface area contributed by atoms with E-state index in [0.29, 0.717) is 21.7 Å². The normalized spacial score (nSPS) is 10.9. The molecule has 0 atom stereocenters. The van der Waals surface area contributed by atoms with Crippen molar-refractivity contribution >= 4 is 34.2 Å². The molecule has 0 radical (unpaired) electrons. The first-order chi connectivity index (χ1) is 14.4. The molecular weight excluding hydrogens is 398 g/mol. The lowest BCUT2D eigenvalue weighted by molar-refractivity contribution is 0.102. The quantitative estimate of drug-likeness (QED) is 0.510. The Bertz CT molecular complexity index is 1310. The molecule has 5 nitrogen and oxygen atoms in total. The van der Waals surface area contributed by atoms with Gasteiger partial charge in [0, 0.05) is 10.7 Å². The highest BCUT2D eigenvalue weighted by Gasteiger charge is 2.18. The van der Waals surface area contributed by atoms with Crippen molar-refractivity contribution in [3.05, 3.63) is 104 Å². The summed E-state index contributed by atoms with van der Waals surface area (Å²) in [5, 5.41) is 3.40. The van der Waals surface area contributed by atoms with Crippen LogP contribution in [0.15, 0.2) is 71.5 Å². The van der Waals surface area contributed by atoms with Gasteiger partial charge in [0.1, 0.15) is 0 Å². The van der Waals surface area contributed by atoms with E-state index in [-0.39, 0.29) is 12.2 Å². The van der Waals surface area contributed by atoms with Crippen molar-refractivity contribution in [2.45, 2.75) is 20.4 Å². The Labute approximate surface area is 179 Å². The molecule has 0 saturated carbocycles. The number of amides is 1. The Balaban J connectivity index is 1.79. The van der Waals surface area contributed by atoms with E-state index in [1.165, 1.54) is 0 Å². The van der Waals surface area contributed by atoms with Gasteiger partial charge in [-0.25, -0.2) is 4.98 Å². The topological polar surface area (TPSA) is 64.0 Å². The van der Waals surface area contributed by atoms with E-state index in [2.05, 4.69) is 10.3 Å². The standard InChI is InChI=1S/C24H20ClN3O2/c1-15-10-16(2)12-19(11-15)26-23(29)22-24(30)28(14-17-6-5-7-18(25)13-17)21-9-4-3-8-20(21)27-22/h3-13H,14H2,1-2H3,(H,26,29). The maximum Gasteiger partial charge on any atom is 0.283 e. The number of nitrogens with zero attached hydrogens (tertiary/aromatic N) is 2. The zero-order valence-electron chi connectivity index (χ0n) is 16.6. The Morgan fingerprint density at radius 3 is 2.47 bits per heavy atom. The number of halogens is 1. The minimum absolute atomic E-state index is 0.144. The Morgan fingerprint density at radius 2 is 1.73 bits per heavy atom. The van der Waals surface area contributed by atoms with Crippen LogP contribution in [0.2, 0.25) is 5.02 Å². The van der Waals surface area contributed by atoms with Crippen LogP contribution in [-0.4, -0.2) is 15.5 Å². The molecular formula is C24H20ClN3O2. The number of hydrogen-bond donors (Lipinski definition) is 1. The fourth-order valence-electron chi connectivity index (χ4n) is 3.55. The van der Waals surface area contributed by atoms with Crippen LogP contribution < -0.4 is 10.9 Å². The van der Waals surface area contributed by atoms with Gasteiger partial charge in [-0.05, 0) is 66.9 Å². The lowest BCUT2D eigenvalue weighted by Crippen LogP contribution is -2.31. The average Bonchev–Trinajstić information content (AvgIpc) is 2.69. The molecule has 3 aromatic carbocycles. The molecule has 6 heteroatoms. The summed E-state index contributed by atoms with van der Waals surface area (Å²) in [6.07, 6.45) is 0. The van der Waals surface area contributed by atoms with E-state index >= 15 is 0 Å². The predicted molar refractivity (Wildman–Crippen MR) is 120 cm³/mol. The lowest BCUT2D eigenvalue weighted by atomic mass is 10.1. The van der Waals surface area contributed by atoms with Crippen molar-refractivity contribution in [3.63, 3.8) is 0 Å². The number of para-hydroxylation sites is 2. The predicted octanol–water partition coefficient (Wildman–Crippen LogP) is 4.97. The van der Waals surface area contributed by atoms with Gasteiger partial charge in [0.25, 0.3) is 11.5 Å². The highest BCUT2D eigenvalue weighted by molar-refractivity contribution is 6.30. The number of aromatic nitrogens is 2. The van der Waals surface area contributed by atoms with Crippen molar-refractivity contribution < 1.29 is 4.79 Å². The van der Waals surface area contributed by atoms with Crippen LogP contribution in [0, 0.1) is 13.8 Å². The SMILES string of the molecule is Cc1cc(C)cc(NC(=O)c2nc3ccccc3n(Cc3cccc(Cl)c3)c2=O)c1. The van der Waals surface area contributed by atoms with E-state index in [9.17, 15) is 9.59 Å². The molecule has 4 rings (SSSR count). The second-order valence-electron chi connectivity index (χ2n) is 7.30. The number of nitrogens with one attached hydrogen (secondary N) is 1. The van der Waals surface area contributed by atoms with Crippen LogP contribution in [0.3, 0.4) is 0 Å². The average molecular weight is 418 g/mol. The summed E-state index contributed by atoms with van der Waals surface area (Å²) in [5.41, 5.74) is 4.18. The fourth-order valence-corrected chi connectivity index (χ4v) is 3.77. The number of hydrogen-bond acceptors (Lipinski definition) is 3. The van der Waals surface area contributed by atoms with Gasteiger partial charge in [-0.2, -0.15) is 0 Å². The van der Waals surface area contributed by atoms with E-state index in [4.69, 9.17) is 11.6 Å². The zero-order chi connectivity index (χ0) is 21.3. The van der Waals surface area contributed by atoms with Crippen LogP contribution in [-0.2, 0) is 6.54 Å². The van der Waals surface area contributed by atoms with Crippen molar-refractivity contribution in [2.75, 3.05) is 5.32 Å². The summed E-state index contributed by atoms with van der Waals surface area (Å²) in [7, 11) is 0. The van der Waals surface area contributed by atoms with Crippen LogP contribution in [0.1, 0.15) is 27.2 Å². The molecule has 0 unspecified atom stereocenters. The summed E-state index contributed by atoms with van der Waals surface area (Å²) in [5.74, 6) is -0.532. The van der Waals surface area contributed by atoms with Gasteiger partial charge >= 0.3 is 0 Å². The first kappa shape index (κ1) is 19.9. The lowest BCUT2D eigenvalue weighted by Gasteiger charge is -2.13. The molecule has 0 fully saturated rings. The molecule has 4 aromatic rings. The highest BCUT2D eigenvalue weighted by atomic mass is 35.5. The number of carbonyl (C=O) groups is 1. The third-order valence-electron chi connectivity index (χ3n) is 4.78. The van der Waals surface area contributed by atoms with Crippen molar-refractivity contribution in [3.8, 4) is 0 Å². The summed E-state index contributed by atoms with van der Waals surface area (Å²) < 4.78 is 1.56.